The summed E-state index contributed by atoms with van der Waals surface area (Å²) in [5.41, 5.74) is 1.32. The molecule has 0 saturated heterocycles. The number of aryl methyl sites for hydroxylation is 1. The Morgan fingerprint density at radius 3 is 2.38 bits per heavy atom. The average molecular weight is 220 g/mol. The van der Waals surface area contributed by atoms with Gasteiger partial charge in [-0.2, -0.15) is 0 Å². The van der Waals surface area contributed by atoms with Gasteiger partial charge in [-0.3, -0.25) is 0 Å². The maximum atomic E-state index is 10.3. The highest BCUT2D eigenvalue weighted by Gasteiger charge is 1.91. The van der Waals surface area contributed by atoms with Crippen molar-refractivity contribution in [1.29, 1.82) is 0 Å². The Kier molecular flexibility index (Phi) is 8.99. The second-order valence-corrected chi connectivity index (χ2v) is 3.38. The van der Waals surface area contributed by atoms with Gasteiger partial charge in [-0.15, -0.1) is 0 Å². The van der Waals surface area contributed by atoms with Crippen LogP contribution in [0.5, 0.6) is 0 Å². The van der Waals surface area contributed by atoms with Gasteiger partial charge in [0, 0.05) is 6.08 Å². The van der Waals surface area contributed by atoms with Crippen molar-refractivity contribution in [3.8, 4) is 0 Å². The van der Waals surface area contributed by atoms with E-state index in [9.17, 15) is 4.79 Å². The standard InChI is InChI=1S/C7H12O2.C7H8/c1-3-5-6-9-7(8)4-2;1-7-5-3-2-4-6-7/h4H,2-3,5-6H2,1H3;2-6H,1H3. The zero-order valence-electron chi connectivity index (χ0n) is 10.1. The van der Waals surface area contributed by atoms with Gasteiger partial charge in [0.25, 0.3) is 0 Å². The Morgan fingerprint density at radius 1 is 1.38 bits per heavy atom. The number of ether oxygens (including phenoxy) is 1. The maximum absolute atomic E-state index is 10.3. The molecular formula is C14H20O2. The number of carbonyl (C=O) groups excluding carboxylic acids is 1. The molecule has 0 spiro atoms. The van der Waals surface area contributed by atoms with Gasteiger partial charge in [-0.1, -0.05) is 55.8 Å². The van der Waals surface area contributed by atoms with Crippen LogP contribution < -0.4 is 0 Å². The topological polar surface area (TPSA) is 26.3 Å². The fraction of sp³-hybridized carbons (Fsp3) is 0.357. The lowest BCUT2D eigenvalue weighted by atomic mass is 10.2. The molecule has 1 rings (SSSR count). The first-order chi connectivity index (χ1) is 7.70. The van der Waals surface area contributed by atoms with Gasteiger partial charge in [0.1, 0.15) is 0 Å². The molecule has 16 heavy (non-hydrogen) atoms. The minimum Gasteiger partial charge on any atom is -0.463 e. The second kappa shape index (κ2) is 9.97. The fourth-order valence-electron chi connectivity index (χ4n) is 0.910. The van der Waals surface area contributed by atoms with Crippen molar-refractivity contribution < 1.29 is 9.53 Å². The lowest BCUT2D eigenvalue weighted by molar-refractivity contribution is -0.137. The molecule has 0 unspecified atom stereocenters. The molecule has 0 aliphatic carbocycles. The molecule has 0 radical (unpaired) electrons. The highest BCUT2D eigenvalue weighted by molar-refractivity contribution is 5.81. The zero-order chi connectivity index (χ0) is 12.2. The quantitative estimate of drug-likeness (QED) is 0.441. The first-order valence-corrected chi connectivity index (χ1v) is 5.51. The van der Waals surface area contributed by atoms with E-state index in [2.05, 4.69) is 30.4 Å². The third-order valence-electron chi connectivity index (χ3n) is 1.85. The SMILES string of the molecule is C=CC(=O)OCCCC.Cc1ccccc1. The molecule has 0 fully saturated rings. The van der Waals surface area contributed by atoms with Gasteiger partial charge in [0.2, 0.25) is 0 Å². The van der Waals surface area contributed by atoms with Gasteiger partial charge in [-0.25, -0.2) is 4.79 Å². The molecule has 1 aromatic carbocycles. The van der Waals surface area contributed by atoms with Crippen LogP contribution in [0.1, 0.15) is 25.3 Å². The highest BCUT2D eigenvalue weighted by Crippen LogP contribution is 1.92. The zero-order valence-corrected chi connectivity index (χ0v) is 10.1. The van der Waals surface area contributed by atoms with E-state index in [1.165, 1.54) is 11.6 Å². The van der Waals surface area contributed by atoms with Crippen molar-refractivity contribution in [2.75, 3.05) is 6.61 Å². The Bertz CT molecular complexity index is 291. The van der Waals surface area contributed by atoms with Crippen LogP contribution in [0, 0.1) is 6.92 Å². The summed E-state index contributed by atoms with van der Waals surface area (Å²) in [5.74, 6) is -0.330. The molecule has 2 nitrogen and oxygen atoms in total. The third-order valence-corrected chi connectivity index (χ3v) is 1.85. The van der Waals surface area contributed by atoms with Gasteiger partial charge in [-0.05, 0) is 13.3 Å². The summed E-state index contributed by atoms with van der Waals surface area (Å²) in [6.45, 7) is 7.91. The van der Waals surface area contributed by atoms with E-state index >= 15 is 0 Å². The number of benzene rings is 1. The molecule has 0 N–H and O–H groups in total. The molecule has 0 heterocycles. The van der Waals surface area contributed by atoms with Crippen molar-refractivity contribution in [3.05, 3.63) is 48.6 Å². The summed E-state index contributed by atoms with van der Waals surface area (Å²) >= 11 is 0. The number of hydrogen-bond acceptors (Lipinski definition) is 2. The van der Waals surface area contributed by atoms with Crippen LogP contribution in [-0.4, -0.2) is 12.6 Å². The van der Waals surface area contributed by atoms with E-state index in [1.807, 2.05) is 25.1 Å². The van der Waals surface area contributed by atoms with Crippen molar-refractivity contribution in [3.63, 3.8) is 0 Å². The van der Waals surface area contributed by atoms with Crippen molar-refractivity contribution in [2.24, 2.45) is 0 Å². The average Bonchev–Trinajstić information content (AvgIpc) is 2.31. The highest BCUT2D eigenvalue weighted by atomic mass is 16.5. The number of rotatable bonds is 4. The Balaban J connectivity index is 0.000000288. The molecule has 0 aromatic heterocycles. The molecule has 1 aromatic rings. The third kappa shape index (κ3) is 9.00. The van der Waals surface area contributed by atoms with E-state index in [0.29, 0.717) is 6.61 Å². The van der Waals surface area contributed by atoms with Gasteiger partial charge in [0.05, 0.1) is 6.61 Å². The van der Waals surface area contributed by atoms with Crippen molar-refractivity contribution in [2.45, 2.75) is 26.7 Å². The van der Waals surface area contributed by atoms with Crippen LogP contribution in [0.3, 0.4) is 0 Å². The molecule has 2 heteroatoms. The van der Waals surface area contributed by atoms with Gasteiger partial charge in [0.15, 0.2) is 0 Å². The lowest BCUT2D eigenvalue weighted by Crippen LogP contribution is -2.00. The smallest absolute Gasteiger partial charge is 0.330 e. The largest absolute Gasteiger partial charge is 0.463 e. The summed E-state index contributed by atoms with van der Waals surface area (Å²) < 4.78 is 4.67. The minimum absolute atomic E-state index is 0.330. The maximum Gasteiger partial charge on any atom is 0.330 e. The summed E-state index contributed by atoms with van der Waals surface area (Å²) in [6.07, 6.45) is 3.15. The lowest BCUT2D eigenvalue weighted by Gasteiger charge is -1.97. The molecule has 0 bridgehead atoms. The molecule has 0 aliphatic heterocycles. The second-order valence-electron chi connectivity index (χ2n) is 3.38. The summed E-state index contributed by atoms with van der Waals surface area (Å²) in [5, 5.41) is 0. The van der Waals surface area contributed by atoms with Crippen LogP contribution in [0.4, 0.5) is 0 Å². The van der Waals surface area contributed by atoms with Crippen LogP contribution in [0.25, 0.3) is 0 Å². The van der Waals surface area contributed by atoms with E-state index in [1.54, 1.807) is 0 Å². The Labute approximate surface area is 97.9 Å². The summed E-state index contributed by atoms with van der Waals surface area (Å²) in [7, 11) is 0. The Morgan fingerprint density at radius 2 is 2.00 bits per heavy atom. The fourth-order valence-corrected chi connectivity index (χ4v) is 0.910. The predicted molar refractivity (Wildman–Crippen MR) is 67.2 cm³/mol. The summed E-state index contributed by atoms with van der Waals surface area (Å²) in [4.78, 5) is 10.3. The van der Waals surface area contributed by atoms with Crippen molar-refractivity contribution >= 4 is 5.97 Å². The first-order valence-electron chi connectivity index (χ1n) is 5.51. The van der Waals surface area contributed by atoms with Crippen LogP contribution in [0.2, 0.25) is 0 Å². The first kappa shape index (κ1) is 14.4. The van der Waals surface area contributed by atoms with Gasteiger partial charge >= 0.3 is 5.97 Å². The van der Waals surface area contributed by atoms with Crippen LogP contribution in [0.15, 0.2) is 43.0 Å². The van der Waals surface area contributed by atoms with E-state index in [4.69, 9.17) is 0 Å². The minimum atomic E-state index is -0.330. The number of hydrogen-bond donors (Lipinski definition) is 0. The number of esters is 1. The molecule has 0 saturated carbocycles. The predicted octanol–water partition coefficient (Wildman–Crippen LogP) is 3.51. The van der Waals surface area contributed by atoms with Crippen molar-refractivity contribution in [1.82, 2.24) is 0 Å². The molecule has 0 aliphatic rings. The van der Waals surface area contributed by atoms with E-state index < -0.39 is 0 Å². The normalized spacial score (nSPS) is 8.62. The molecule has 88 valence electrons. The number of carbonyl (C=O) groups is 1. The molecule has 0 atom stereocenters. The Hall–Kier alpha value is -1.57. The molecule has 0 amide bonds. The number of unbranched alkanes of at least 4 members (excludes halogenated alkanes) is 1. The van der Waals surface area contributed by atoms with E-state index in [0.717, 1.165) is 12.8 Å². The van der Waals surface area contributed by atoms with E-state index in [-0.39, 0.29) is 5.97 Å². The van der Waals surface area contributed by atoms with Gasteiger partial charge < -0.3 is 4.74 Å². The molecular weight excluding hydrogens is 200 g/mol. The monoisotopic (exact) mass is 220 g/mol. The van der Waals surface area contributed by atoms with Crippen LogP contribution in [-0.2, 0) is 9.53 Å². The summed E-state index contributed by atoms with van der Waals surface area (Å²) in [6, 6.07) is 10.3. The van der Waals surface area contributed by atoms with Crippen LogP contribution >= 0.6 is 0 Å².